The summed E-state index contributed by atoms with van der Waals surface area (Å²) in [6.45, 7) is 9.18. The fraction of sp³-hybridized carbons (Fsp3) is 1.00. The van der Waals surface area contributed by atoms with E-state index in [1.807, 2.05) is 0 Å². The number of rotatable bonds is 3. The number of ether oxygens (including phenoxy) is 1. The molecule has 3 nitrogen and oxygen atoms in total. The minimum atomic E-state index is 0.440. The van der Waals surface area contributed by atoms with E-state index in [9.17, 15) is 0 Å². The molecule has 0 N–H and O–H groups in total. The first-order valence-corrected chi connectivity index (χ1v) is 8.34. The van der Waals surface area contributed by atoms with E-state index in [1.165, 1.54) is 45.4 Å². The van der Waals surface area contributed by atoms with Crippen molar-refractivity contribution in [2.24, 2.45) is 5.41 Å². The zero-order chi connectivity index (χ0) is 13.0. The molecule has 0 aromatic heterocycles. The highest BCUT2D eigenvalue weighted by Gasteiger charge is 2.35. The average molecular weight is 319 g/mol. The Hall–Kier alpha value is 0.360. The van der Waals surface area contributed by atoms with Crippen LogP contribution in [0.4, 0.5) is 0 Å². The number of hydrogen-bond donors (Lipinski definition) is 0. The lowest BCUT2D eigenvalue weighted by atomic mass is 9.81. The Balaban J connectivity index is 1.97. The fourth-order valence-corrected chi connectivity index (χ4v) is 3.96. The number of nitrogens with zero attached hydrogens (tertiary/aromatic N) is 2. The van der Waals surface area contributed by atoms with E-state index in [0.29, 0.717) is 11.5 Å². The molecule has 0 saturated carbocycles. The van der Waals surface area contributed by atoms with Crippen LogP contribution in [-0.2, 0) is 4.74 Å². The third-order valence-corrected chi connectivity index (χ3v) is 5.75. The molecule has 0 bridgehead atoms. The van der Waals surface area contributed by atoms with Gasteiger partial charge in [0.15, 0.2) is 0 Å². The van der Waals surface area contributed by atoms with E-state index < -0.39 is 0 Å². The van der Waals surface area contributed by atoms with Crippen molar-refractivity contribution in [3.05, 3.63) is 0 Å². The Morgan fingerprint density at radius 2 is 2.00 bits per heavy atom. The van der Waals surface area contributed by atoms with Gasteiger partial charge in [-0.05, 0) is 51.7 Å². The maximum Gasteiger partial charge on any atom is 0.0472 e. The second-order valence-electron chi connectivity index (χ2n) is 6.18. The van der Waals surface area contributed by atoms with Crippen LogP contribution in [0.25, 0.3) is 0 Å². The first kappa shape index (κ1) is 14.8. The van der Waals surface area contributed by atoms with Gasteiger partial charge in [-0.25, -0.2) is 0 Å². The SMILES string of the molecule is CC1CN(C)CCCN1CC1(CBr)CCOCC1. The molecule has 1 atom stereocenters. The maximum atomic E-state index is 5.54. The standard InChI is InChI=1S/C14H27BrN2O/c1-13-10-16(2)6-3-7-17(13)12-14(11-15)4-8-18-9-5-14/h13H,3-12H2,1-2H3. The van der Waals surface area contributed by atoms with Gasteiger partial charge in [0, 0.05) is 37.7 Å². The number of hydrogen-bond acceptors (Lipinski definition) is 3. The van der Waals surface area contributed by atoms with Crippen molar-refractivity contribution in [2.45, 2.75) is 32.2 Å². The smallest absolute Gasteiger partial charge is 0.0472 e. The van der Waals surface area contributed by atoms with Gasteiger partial charge in [-0.15, -0.1) is 0 Å². The van der Waals surface area contributed by atoms with Crippen LogP contribution in [0, 0.1) is 5.41 Å². The van der Waals surface area contributed by atoms with E-state index in [0.717, 1.165) is 18.5 Å². The Morgan fingerprint density at radius 3 is 2.67 bits per heavy atom. The summed E-state index contributed by atoms with van der Waals surface area (Å²) in [5.74, 6) is 0. The molecule has 0 aliphatic carbocycles. The predicted octanol–water partition coefficient (Wildman–Crippen LogP) is 2.20. The van der Waals surface area contributed by atoms with E-state index in [2.05, 4.69) is 39.7 Å². The topological polar surface area (TPSA) is 15.7 Å². The Bertz CT molecular complexity index is 256. The summed E-state index contributed by atoms with van der Waals surface area (Å²) in [7, 11) is 2.24. The van der Waals surface area contributed by atoms with Crippen LogP contribution < -0.4 is 0 Å². The second-order valence-corrected chi connectivity index (χ2v) is 6.74. The molecule has 2 rings (SSSR count). The van der Waals surface area contributed by atoms with Gasteiger partial charge < -0.3 is 9.64 Å². The van der Waals surface area contributed by atoms with Crippen molar-refractivity contribution in [1.29, 1.82) is 0 Å². The lowest BCUT2D eigenvalue weighted by Gasteiger charge is -2.41. The Kier molecular flexibility index (Phi) is 5.48. The maximum absolute atomic E-state index is 5.54. The molecule has 2 heterocycles. The van der Waals surface area contributed by atoms with Crippen LogP contribution in [0.15, 0.2) is 0 Å². The van der Waals surface area contributed by atoms with Crippen molar-refractivity contribution in [1.82, 2.24) is 9.80 Å². The number of alkyl halides is 1. The normalized spacial score (nSPS) is 31.2. The van der Waals surface area contributed by atoms with Crippen LogP contribution in [0.3, 0.4) is 0 Å². The summed E-state index contributed by atoms with van der Waals surface area (Å²) in [5.41, 5.74) is 0.440. The lowest BCUT2D eigenvalue weighted by Crippen LogP contribution is -2.47. The van der Waals surface area contributed by atoms with Gasteiger partial charge >= 0.3 is 0 Å². The zero-order valence-electron chi connectivity index (χ0n) is 11.8. The summed E-state index contributed by atoms with van der Waals surface area (Å²) in [6, 6.07) is 0.677. The minimum absolute atomic E-state index is 0.440. The number of likely N-dealkylation sites (N-methyl/N-ethyl adjacent to an activating group) is 1. The van der Waals surface area contributed by atoms with E-state index >= 15 is 0 Å². The summed E-state index contributed by atoms with van der Waals surface area (Å²) < 4.78 is 5.54. The van der Waals surface area contributed by atoms with Gasteiger partial charge in [0.25, 0.3) is 0 Å². The molecular formula is C14H27BrN2O. The van der Waals surface area contributed by atoms with Crippen molar-refractivity contribution >= 4 is 15.9 Å². The Morgan fingerprint density at radius 1 is 1.28 bits per heavy atom. The zero-order valence-corrected chi connectivity index (χ0v) is 13.4. The molecule has 1 unspecified atom stereocenters. The first-order valence-electron chi connectivity index (χ1n) is 7.21. The minimum Gasteiger partial charge on any atom is -0.381 e. The predicted molar refractivity (Wildman–Crippen MR) is 79.4 cm³/mol. The molecule has 0 aromatic rings. The molecule has 0 spiro atoms. The molecule has 106 valence electrons. The second kappa shape index (κ2) is 6.69. The van der Waals surface area contributed by atoms with Crippen LogP contribution in [0.5, 0.6) is 0 Å². The molecular weight excluding hydrogens is 292 g/mol. The third-order valence-electron chi connectivity index (χ3n) is 4.56. The third kappa shape index (κ3) is 3.69. The van der Waals surface area contributed by atoms with E-state index in [4.69, 9.17) is 4.74 Å². The Labute approximate surface area is 120 Å². The lowest BCUT2D eigenvalue weighted by molar-refractivity contribution is 0.00233. The molecule has 2 aliphatic heterocycles. The summed E-state index contributed by atoms with van der Waals surface area (Å²) in [5, 5.41) is 1.11. The average Bonchev–Trinajstić information content (AvgIpc) is 2.52. The molecule has 2 saturated heterocycles. The van der Waals surface area contributed by atoms with Crippen LogP contribution >= 0.6 is 15.9 Å². The summed E-state index contributed by atoms with van der Waals surface area (Å²) in [4.78, 5) is 5.17. The molecule has 0 radical (unpaired) electrons. The highest BCUT2D eigenvalue weighted by molar-refractivity contribution is 9.09. The fourth-order valence-electron chi connectivity index (χ4n) is 3.23. The van der Waals surface area contributed by atoms with Crippen molar-refractivity contribution in [3.8, 4) is 0 Å². The van der Waals surface area contributed by atoms with Gasteiger partial charge in [0.05, 0.1) is 0 Å². The van der Waals surface area contributed by atoms with Crippen LogP contribution in [0.2, 0.25) is 0 Å². The van der Waals surface area contributed by atoms with E-state index in [-0.39, 0.29) is 0 Å². The molecule has 4 heteroatoms. The number of halogens is 1. The molecule has 2 fully saturated rings. The van der Waals surface area contributed by atoms with Gasteiger partial charge in [-0.1, -0.05) is 15.9 Å². The summed E-state index contributed by atoms with van der Waals surface area (Å²) in [6.07, 6.45) is 3.71. The van der Waals surface area contributed by atoms with Crippen molar-refractivity contribution < 1.29 is 4.74 Å². The van der Waals surface area contributed by atoms with Crippen LogP contribution in [0.1, 0.15) is 26.2 Å². The van der Waals surface area contributed by atoms with Crippen LogP contribution in [-0.4, -0.2) is 67.6 Å². The quantitative estimate of drug-likeness (QED) is 0.742. The molecule has 2 aliphatic rings. The van der Waals surface area contributed by atoms with Gasteiger partial charge in [0.2, 0.25) is 0 Å². The molecule has 0 aromatic carbocycles. The van der Waals surface area contributed by atoms with Gasteiger partial charge in [0.1, 0.15) is 0 Å². The summed E-state index contributed by atoms with van der Waals surface area (Å²) >= 11 is 3.75. The largest absolute Gasteiger partial charge is 0.381 e. The van der Waals surface area contributed by atoms with Crippen molar-refractivity contribution in [3.63, 3.8) is 0 Å². The highest BCUT2D eigenvalue weighted by atomic mass is 79.9. The van der Waals surface area contributed by atoms with E-state index in [1.54, 1.807) is 0 Å². The molecule has 18 heavy (non-hydrogen) atoms. The van der Waals surface area contributed by atoms with Gasteiger partial charge in [-0.2, -0.15) is 0 Å². The monoisotopic (exact) mass is 318 g/mol. The van der Waals surface area contributed by atoms with Crippen molar-refractivity contribution in [2.75, 3.05) is 51.8 Å². The first-order chi connectivity index (χ1) is 8.65. The highest BCUT2D eigenvalue weighted by Crippen LogP contribution is 2.34. The van der Waals surface area contributed by atoms with Gasteiger partial charge in [-0.3, -0.25) is 4.90 Å². The molecule has 0 amide bonds.